The summed E-state index contributed by atoms with van der Waals surface area (Å²) in [6, 6.07) is 5.51. The topological polar surface area (TPSA) is 57.8 Å². The van der Waals surface area contributed by atoms with Crippen molar-refractivity contribution in [2.45, 2.75) is 5.25 Å². The van der Waals surface area contributed by atoms with Crippen LogP contribution in [0.15, 0.2) is 24.4 Å². The van der Waals surface area contributed by atoms with E-state index in [9.17, 15) is 4.79 Å². The molecule has 3 rings (SSSR count). The Balaban J connectivity index is 2.05. The van der Waals surface area contributed by atoms with E-state index < -0.39 is 0 Å². The van der Waals surface area contributed by atoms with Gasteiger partial charge in [-0.1, -0.05) is 29.3 Å². The van der Waals surface area contributed by atoms with Crippen LogP contribution >= 0.6 is 35.0 Å². The number of aromatic nitrogens is 2. The summed E-state index contributed by atoms with van der Waals surface area (Å²) in [5, 5.41) is 10.6. The third-order valence-corrected chi connectivity index (χ3v) is 4.87. The summed E-state index contributed by atoms with van der Waals surface area (Å²) in [5.41, 5.74) is 1.94. The first-order valence-electron chi connectivity index (χ1n) is 5.55. The van der Waals surface area contributed by atoms with Gasteiger partial charge in [-0.05, 0) is 17.7 Å². The molecule has 1 aromatic heterocycles. The lowest BCUT2D eigenvalue weighted by molar-refractivity contribution is -0.113. The zero-order valence-electron chi connectivity index (χ0n) is 9.61. The third kappa shape index (κ3) is 2.45. The van der Waals surface area contributed by atoms with Crippen LogP contribution in [0.2, 0.25) is 10.0 Å². The molecule has 1 atom stereocenters. The Kier molecular flexibility index (Phi) is 3.43. The average Bonchev–Trinajstić information content (AvgIpc) is 2.76. The first-order chi connectivity index (χ1) is 9.15. The number of thioether (sulfide) groups is 1. The van der Waals surface area contributed by atoms with Crippen LogP contribution in [0.3, 0.4) is 0 Å². The van der Waals surface area contributed by atoms with Crippen LogP contribution in [0, 0.1) is 0 Å². The Labute approximate surface area is 123 Å². The molecule has 0 spiro atoms. The Morgan fingerprint density at radius 2 is 2.16 bits per heavy atom. The van der Waals surface area contributed by atoms with E-state index in [1.54, 1.807) is 12.3 Å². The lowest BCUT2D eigenvalue weighted by Crippen LogP contribution is -2.12. The zero-order valence-corrected chi connectivity index (χ0v) is 11.9. The molecule has 0 fully saturated rings. The third-order valence-electron chi connectivity index (χ3n) is 2.84. The highest BCUT2D eigenvalue weighted by molar-refractivity contribution is 8.00. The Hall–Kier alpha value is -1.17. The molecule has 1 aromatic carbocycles. The number of aromatic amines is 1. The normalized spacial score (nSPS) is 18.6. The molecule has 0 radical (unpaired) electrons. The fourth-order valence-corrected chi connectivity index (χ4v) is 3.36. The van der Waals surface area contributed by atoms with Crippen molar-refractivity contribution in [1.82, 2.24) is 10.2 Å². The summed E-state index contributed by atoms with van der Waals surface area (Å²) < 4.78 is 0. The summed E-state index contributed by atoms with van der Waals surface area (Å²) in [4.78, 5) is 11.6. The molecular formula is C12H9Cl2N3OS. The molecule has 1 amide bonds. The number of halogens is 2. The van der Waals surface area contributed by atoms with Gasteiger partial charge in [-0.3, -0.25) is 9.89 Å². The second-order valence-corrected chi connectivity index (χ2v) is 6.02. The molecule has 2 aromatic rings. The van der Waals surface area contributed by atoms with Gasteiger partial charge in [0, 0.05) is 5.56 Å². The van der Waals surface area contributed by atoms with Gasteiger partial charge in [-0.15, -0.1) is 11.8 Å². The summed E-state index contributed by atoms with van der Waals surface area (Å²) in [6.07, 6.45) is 1.72. The number of carbonyl (C=O) groups is 1. The number of fused-ring (bicyclic) bond motifs is 1. The van der Waals surface area contributed by atoms with Gasteiger partial charge in [0.1, 0.15) is 5.82 Å². The van der Waals surface area contributed by atoms with Gasteiger partial charge in [-0.25, -0.2) is 0 Å². The first kappa shape index (κ1) is 12.8. The average molecular weight is 314 g/mol. The number of carbonyl (C=O) groups excluding carboxylic acids is 1. The predicted molar refractivity (Wildman–Crippen MR) is 78.0 cm³/mol. The van der Waals surface area contributed by atoms with Crippen molar-refractivity contribution < 1.29 is 4.79 Å². The number of hydrogen-bond donors (Lipinski definition) is 2. The highest BCUT2D eigenvalue weighted by atomic mass is 35.5. The van der Waals surface area contributed by atoms with Crippen molar-refractivity contribution in [2.75, 3.05) is 11.1 Å². The number of nitrogens with one attached hydrogen (secondary N) is 2. The maximum absolute atomic E-state index is 11.6. The number of rotatable bonds is 1. The van der Waals surface area contributed by atoms with E-state index >= 15 is 0 Å². The smallest absolute Gasteiger partial charge is 0.235 e. The molecule has 1 aliphatic rings. The molecule has 0 saturated carbocycles. The number of benzene rings is 1. The van der Waals surface area contributed by atoms with E-state index in [0.29, 0.717) is 21.6 Å². The lowest BCUT2D eigenvalue weighted by atomic mass is 10.1. The molecule has 7 heteroatoms. The van der Waals surface area contributed by atoms with Crippen LogP contribution in [0.4, 0.5) is 5.82 Å². The van der Waals surface area contributed by atoms with Crippen LogP contribution in [0.5, 0.6) is 0 Å². The maximum Gasteiger partial charge on any atom is 0.235 e. The van der Waals surface area contributed by atoms with E-state index in [1.165, 1.54) is 11.8 Å². The maximum atomic E-state index is 11.6. The van der Waals surface area contributed by atoms with Crippen molar-refractivity contribution >= 4 is 46.7 Å². The lowest BCUT2D eigenvalue weighted by Gasteiger charge is -2.14. The van der Waals surface area contributed by atoms with Crippen molar-refractivity contribution in [2.24, 2.45) is 0 Å². The molecule has 98 valence electrons. The number of amides is 1. The molecule has 0 unspecified atom stereocenters. The highest BCUT2D eigenvalue weighted by Gasteiger charge is 2.25. The van der Waals surface area contributed by atoms with Crippen LogP contribution < -0.4 is 5.32 Å². The fourth-order valence-electron chi connectivity index (χ4n) is 1.97. The Bertz CT molecular complexity index is 644. The van der Waals surface area contributed by atoms with E-state index in [2.05, 4.69) is 15.5 Å². The quantitative estimate of drug-likeness (QED) is 0.847. The minimum absolute atomic E-state index is 0.00228. The van der Waals surface area contributed by atoms with E-state index in [1.807, 2.05) is 12.1 Å². The van der Waals surface area contributed by atoms with E-state index in [0.717, 1.165) is 11.1 Å². The minimum atomic E-state index is -0.0435. The van der Waals surface area contributed by atoms with Gasteiger partial charge in [-0.2, -0.15) is 5.10 Å². The van der Waals surface area contributed by atoms with Crippen LogP contribution in [-0.2, 0) is 4.79 Å². The predicted octanol–water partition coefficient (Wildman–Crippen LogP) is 3.49. The van der Waals surface area contributed by atoms with Gasteiger partial charge in [0.2, 0.25) is 5.91 Å². The van der Waals surface area contributed by atoms with Crippen molar-refractivity contribution in [1.29, 1.82) is 0 Å². The molecule has 0 bridgehead atoms. The van der Waals surface area contributed by atoms with Gasteiger partial charge < -0.3 is 5.32 Å². The minimum Gasteiger partial charge on any atom is -0.310 e. The van der Waals surface area contributed by atoms with E-state index in [4.69, 9.17) is 23.2 Å². The fraction of sp³-hybridized carbons (Fsp3) is 0.167. The SMILES string of the molecule is O=C1CS[C@@H](c2ccc(Cl)c(Cl)c2)c2cn[nH]c2N1. The molecule has 1 aliphatic heterocycles. The first-order valence-corrected chi connectivity index (χ1v) is 7.35. The van der Waals surface area contributed by atoms with Crippen molar-refractivity contribution in [3.8, 4) is 0 Å². The van der Waals surface area contributed by atoms with Gasteiger partial charge in [0.05, 0.1) is 27.2 Å². The Morgan fingerprint density at radius 1 is 1.32 bits per heavy atom. The van der Waals surface area contributed by atoms with Gasteiger partial charge in [0.25, 0.3) is 0 Å². The number of H-pyrrole nitrogens is 1. The molecule has 0 aliphatic carbocycles. The van der Waals surface area contributed by atoms with Crippen LogP contribution in [0.25, 0.3) is 0 Å². The van der Waals surface area contributed by atoms with Crippen LogP contribution in [0.1, 0.15) is 16.4 Å². The summed E-state index contributed by atoms with van der Waals surface area (Å²) in [5.74, 6) is 0.983. The van der Waals surface area contributed by atoms with Crippen molar-refractivity contribution in [3.05, 3.63) is 45.6 Å². The molecule has 2 heterocycles. The molecule has 19 heavy (non-hydrogen) atoms. The monoisotopic (exact) mass is 313 g/mol. The number of hydrogen-bond acceptors (Lipinski definition) is 3. The van der Waals surface area contributed by atoms with Crippen LogP contribution in [-0.4, -0.2) is 21.9 Å². The molecular weight excluding hydrogens is 305 g/mol. The summed E-state index contributed by atoms with van der Waals surface area (Å²) >= 11 is 13.5. The van der Waals surface area contributed by atoms with Gasteiger partial charge >= 0.3 is 0 Å². The molecule has 2 N–H and O–H groups in total. The zero-order chi connectivity index (χ0) is 13.4. The number of nitrogens with zero attached hydrogens (tertiary/aromatic N) is 1. The second kappa shape index (κ2) is 5.07. The largest absolute Gasteiger partial charge is 0.310 e. The van der Waals surface area contributed by atoms with E-state index in [-0.39, 0.29) is 11.2 Å². The standard InChI is InChI=1S/C12H9Cl2N3OS/c13-8-2-1-6(3-9(8)14)11-7-4-15-17-12(7)16-10(18)5-19-11/h1-4,11H,5H2,(H2,15,16,17,18)/t11-/m0/s1. The summed E-state index contributed by atoms with van der Waals surface area (Å²) in [6.45, 7) is 0. The molecule has 0 saturated heterocycles. The highest BCUT2D eigenvalue weighted by Crippen LogP contribution is 2.41. The van der Waals surface area contributed by atoms with Crippen molar-refractivity contribution in [3.63, 3.8) is 0 Å². The van der Waals surface area contributed by atoms with Gasteiger partial charge in [0.15, 0.2) is 0 Å². The molecule has 4 nitrogen and oxygen atoms in total. The summed E-state index contributed by atoms with van der Waals surface area (Å²) in [7, 11) is 0. The second-order valence-electron chi connectivity index (χ2n) is 4.11. The number of anilines is 1. The Morgan fingerprint density at radius 3 is 2.95 bits per heavy atom.